The molecule has 2 heterocycles. The Morgan fingerprint density at radius 1 is 1.14 bits per heavy atom. The first-order valence-electron chi connectivity index (χ1n) is 6.70. The SMILES string of the molecule is COc1ccc(-c2ccc(/C=C(/C#N)c3ccco3)o2)cc1. The zero-order chi connectivity index (χ0) is 15.4. The molecular formula is C18H13NO3. The van der Waals surface area contributed by atoms with Crippen LogP contribution in [-0.4, -0.2) is 7.11 Å². The highest BCUT2D eigenvalue weighted by Crippen LogP contribution is 2.26. The minimum absolute atomic E-state index is 0.417. The number of hydrogen-bond donors (Lipinski definition) is 0. The van der Waals surface area contributed by atoms with Crippen LogP contribution >= 0.6 is 0 Å². The van der Waals surface area contributed by atoms with Crippen LogP contribution in [0.25, 0.3) is 23.0 Å². The van der Waals surface area contributed by atoms with E-state index in [1.165, 1.54) is 6.26 Å². The highest BCUT2D eigenvalue weighted by atomic mass is 16.5. The molecule has 108 valence electrons. The first kappa shape index (κ1) is 13.8. The van der Waals surface area contributed by atoms with E-state index in [9.17, 15) is 5.26 Å². The van der Waals surface area contributed by atoms with Gasteiger partial charge in [-0.25, -0.2) is 0 Å². The summed E-state index contributed by atoms with van der Waals surface area (Å²) in [4.78, 5) is 0. The number of rotatable bonds is 4. The lowest BCUT2D eigenvalue weighted by Crippen LogP contribution is -1.81. The summed E-state index contributed by atoms with van der Waals surface area (Å²) in [6, 6.07) is 16.9. The summed E-state index contributed by atoms with van der Waals surface area (Å²) in [5.74, 6) is 2.63. The molecule has 4 nitrogen and oxygen atoms in total. The van der Waals surface area contributed by atoms with Gasteiger partial charge < -0.3 is 13.6 Å². The van der Waals surface area contributed by atoms with Crippen molar-refractivity contribution in [1.82, 2.24) is 0 Å². The largest absolute Gasteiger partial charge is 0.497 e. The number of furan rings is 2. The van der Waals surface area contributed by atoms with Gasteiger partial charge in [0, 0.05) is 11.6 Å². The van der Waals surface area contributed by atoms with Crippen LogP contribution in [0.2, 0.25) is 0 Å². The summed E-state index contributed by atoms with van der Waals surface area (Å²) in [6.07, 6.45) is 3.19. The Morgan fingerprint density at radius 2 is 1.95 bits per heavy atom. The van der Waals surface area contributed by atoms with E-state index in [4.69, 9.17) is 13.6 Å². The Hall–Kier alpha value is -3.19. The molecule has 3 rings (SSSR count). The van der Waals surface area contributed by atoms with Gasteiger partial charge in [0.2, 0.25) is 0 Å². The van der Waals surface area contributed by atoms with Crippen molar-refractivity contribution in [3.05, 3.63) is 66.3 Å². The second-order valence-corrected chi connectivity index (χ2v) is 4.58. The molecule has 0 aliphatic heterocycles. The van der Waals surface area contributed by atoms with Crippen molar-refractivity contribution in [2.24, 2.45) is 0 Å². The monoisotopic (exact) mass is 291 g/mol. The number of nitrogens with zero attached hydrogens (tertiary/aromatic N) is 1. The Morgan fingerprint density at radius 3 is 2.59 bits per heavy atom. The van der Waals surface area contributed by atoms with Gasteiger partial charge in [0.05, 0.1) is 18.9 Å². The Bertz CT molecular complexity index is 818. The summed E-state index contributed by atoms with van der Waals surface area (Å²) in [5, 5.41) is 9.21. The second kappa shape index (κ2) is 6.06. The summed E-state index contributed by atoms with van der Waals surface area (Å²) >= 11 is 0. The van der Waals surface area contributed by atoms with Crippen LogP contribution in [0.4, 0.5) is 0 Å². The number of allylic oxidation sites excluding steroid dienone is 1. The van der Waals surface area contributed by atoms with Crippen molar-refractivity contribution in [3.63, 3.8) is 0 Å². The predicted molar refractivity (Wildman–Crippen MR) is 82.9 cm³/mol. The third-order valence-electron chi connectivity index (χ3n) is 3.20. The maximum atomic E-state index is 9.21. The van der Waals surface area contributed by atoms with Gasteiger partial charge in [-0.3, -0.25) is 0 Å². The van der Waals surface area contributed by atoms with Crippen molar-refractivity contribution < 1.29 is 13.6 Å². The zero-order valence-electron chi connectivity index (χ0n) is 11.9. The molecule has 2 aromatic heterocycles. The lowest BCUT2D eigenvalue weighted by Gasteiger charge is -2.00. The summed E-state index contributed by atoms with van der Waals surface area (Å²) < 4.78 is 16.1. The van der Waals surface area contributed by atoms with Crippen molar-refractivity contribution in [2.45, 2.75) is 0 Å². The number of methoxy groups -OCH3 is 1. The fourth-order valence-electron chi connectivity index (χ4n) is 2.07. The minimum atomic E-state index is 0.417. The average molecular weight is 291 g/mol. The van der Waals surface area contributed by atoms with Crippen molar-refractivity contribution in [1.29, 1.82) is 5.26 Å². The van der Waals surface area contributed by atoms with E-state index >= 15 is 0 Å². The Labute approximate surface area is 127 Å². The van der Waals surface area contributed by atoms with Gasteiger partial charge in [-0.05, 0) is 48.5 Å². The van der Waals surface area contributed by atoms with Gasteiger partial charge in [0.25, 0.3) is 0 Å². The van der Waals surface area contributed by atoms with Crippen LogP contribution in [0.3, 0.4) is 0 Å². The summed E-state index contributed by atoms with van der Waals surface area (Å²) in [5.41, 5.74) is 1.36. The third kappa shape index (κ3) is 2.79. The standard InChI is InChI=1S/C18H13NO3/c1-20-15-6-4-13(5-7-15)18-9-8-16(22-18)11-14(12-19)17-3-2-10-21-17/h2-11H,1H3/b14-11-. The molecule has 0 N–H and O–H groups in total. The van der Waals surface area contributed by atoms with Gasteiger partial charge in [-0.1, -0.05) is 0 Å². The lowest BCUT2D eigenvalue weighted by atomic mass is 10.1. The summed E-state index contributed by atoms with van der Waals surface area (Å²) in [7, 11) is 1.63. The molecule has 0 saturated carbocycles. The first-order valence-corrected chi connectivity index (χ1v) is 6.70. The summed E-state index contributed by atoms with van der Waals surface area (Å²) in [6.45, 7) is 0. The van der Waals surface area contributed by atoms with E-state index in [0.29, 0.717) is 17.1 Å². The second-order valence-electron chi connectivity index (χ2n) is 4.58. The molecule has 3 aromatic rings. The molecule has 1 aromatic carbocycles. The Kier molecular flexibility index (Phi) is 3.80. The van der Waals surface area contributed by atoms with E-state index in [1.807, 2.05) is 36.4 Å². The molecule has 4 heteroatoms. The van der Waals surface area contributed by atoms with E-state index in [-0.39, 0.29) is 0 Å². The molecule has 0 bridgehead atoms. The molecule has 0 atom stereocenters. The molecule has 0 aliphatic carbocycles. The highest BCUT2D eigenvalue weighted by Gasteiger charge is 2.07. The third-order valence-corrected chi connectivity index (χ3v) is 3.20. The van der Waals surface area contributed by atoms with E-state index < -0.39 is 0 Å². The first-order chi connectivity index (χ1) is 10.8. The van der Waals surface area contributed by atoms with Gasteiger partial charge in [0.15, 0.2) is 0 Å². The molecule has 0 amide bonds. The van der Waals surface area contributed by atoms with Gasteiger partial charge in [0.1, 0.15) is 29.1 Å². The molecule has 0 spiro atoms. The van der Waals surface area contributed by atoms with Crippen LogP contribution in [-0.2, 0) is 0 Å². The van der Waals surface area contributed by atoms with Crippen LogP contribution in [0.15, 0.2) is 63.6 Å². The normalized spacial score (nSPS) is 11.2. The molecule has 0 unspecified atom stereocenters. The van der Waals surface area contributed by atoms with Crippen LogP contribution in [0.1, 0.15) is 11.5 Å². The van der Waals surface area contributed by atoms with Gasteiger partial charge >= 0.3 is 0 Å². The van der Waals surface area contributed by atoms with E-state index in [0.717, 1.165) is 17.1 Å². The minimum Gasteiger partial charge on any atom is -0.497 e. The zero-order valence-corrected chi connectivity index (χ0v) is 11.9. The molecule has 22 heavy (non-hydrogen) atoms. The molecular weight excluding hydrogens is 278 g/mol. The maximum Gasteiger partial charge on any atom is 0.144 e. The smallest absolute Gasteiger partial charge is 0.144 e. The van der Waals surface area contributed by atoms with E-state index in [1.54, 1.807) is 25.3 Å². The van der Waals surface area contributed by atoms with Crippen LogP contribution in [0, 0.1) is 11.3 Å². The molecule has 0 aliphatic rings. The topological polar surface area (TPSA) is 59.3 Å². The van der Waals surface area contributed by atoms with Gasteiger partial charge in [-0.2, -0.15) is 5.26 Å². The number of hydrogen-bond acceptors (Lipinski definition) is 4. The quantitative estimate of drug-likeness (QED) is 0.658. The van der Waals surface area contributed by atoms with Crippen LogP contribution in [0.5, 0.6) is 5.75 Å². The molecule has 0 saturated heterocycles. The number of benzene rings is 1. The fraction of sp³-hybridized carbons (Fsp3) is 0.0556. The molecule has 0 radical (unpaired) electrons. The molecule has 0 fully saturated rings. The highest BCUT2D eigenvalue weighted by molar-refractivity contribution is 5.86. The van der Waals surface area contributed by atoms with Gasteiger partial charge in [-0.15, -0.1) is 0 Å². The fourth-order valence-corrected chi connectivity index (χ4v) is 2.07. The maximum absolute atomic E-state index is 9.21. The van der Waals surface area contributed by atoms with E-state index in [2.05, 4.69) is 6.07 Å². The number of nitriles is 1. The number of ether oxygens (including phenoxy) is 1. The van der Waals surface area contributed by atoms with Crippen molar-refractivity contribution in [3.8, 4) is 23.1 Å². The average Bonchev–Trinajstić information content (AvgIpc) is 3.24. The lowest BCUT2D eigenvalue weighted by molar-refractivity contribution is 0.415. The predicted octanol–water partition coefficient (Wildman–Crippen LogP) is 4.61. The Balaban J connectivity index is 1.88. The van der Waals surface area contributed by atoms with Crippen molar-refractivity contribution >= 4 is 11.6 Å². The van der Waals surface area contributed by atoms with Crippen LogP contribution < -0.4 is 4.74 Å². The van der Waals surface area contributed by atoms with Crippen molar-refractivity contribution in [2.75, 3.05) is 7.11 Å².